The average molecular weight is 288 g/mol. The van der Waals surface area contributed by atoms with Crippen LogP contribution in [0.15, 0.2) is 53.8 Å². The number of hydrogen-bond donors (Lipinski definition) is 1. The molecule has 6 nitrogen and oxygen atoms in total. The van der Waals surface area contributed by atoms with Crippen LogP contribution >= 0.6 is 0 Å². The van der Waals surface area contributed by atoms with E-state index in [0.29, 0.717) is 10.7 Å². The molecular weight excluding hydrogens is 276 g/mol. The quantitative estimate of drug-likeness (QED) is 0.796. The normalized spacial score (nSPS) is 11.7. The van der Waals surface area contributed by atoms with Gasteiger partial charge in [-0.2, -0.15) is 0 Å². The lowest BCUT2D eigenvalue weighted by atomic mass is 10.3. The van der Waals surface area contributed by atoms with E-state index in [1.165, 1.54) is 6.26 Å². The fourth-order valence-electron chi connectivity index (χ4n) is 1.87. The highest BCUT2D eigenvalue weighted by Crippen LogP contribution is 2.19. The Balaban J connectivity index is 1.93. The van der Waals surface area contributed by atoms with Gasteiger partial charge in [0.1, 0.15) is 5.82 Å². The number of fused-ring (bicyclic) bond motifs is 1. The molecule has 0 bridgehead atoms. The second-order valence-corrected chi connectivity index (χ2v) is 6.36. The first-order chi connectivity index (χ1) is 9.54. The van der Waals surface area contributed by atoms with Crippen molar-refractivity contribution in [2.75, 3.05) is 11.6 Å². The Morgan fingerprint density at radius 2 is 1.75 bits per heavy atom. The standard InChI is InChI=1S/C13H12N4O2S/c1-20(18,19)11-4-2-10(3-5-11)16-12-6-7-14-13-15-8-9-17(12)13/h2-9,16H,1H3. The summed E-state index contributed by atoms with van der Waals surface area (Å²) in [7, 11) is -3.17. The maximum Gasteiger partial charge on any atom is 0.235 e. The van der Waals surface area contributed by atoms with Crippen LogP contribution in [0.5, 0.6) is 0 Å². The van der Waals surface area contributed by atoms with Gasteiger partial charge >= 0.3 is 0 Å². The van der Waals surface area contributed by atoms with Gasteiger partial charge in [-0.25, -0.2) is 18.4 Å². The Kier molecular flexibility index (Phi) is 2.90. The smallest absolute Gasteiger partial charge is 0.235 e. The van der Waals surface area contributed by atoms with Crippen LogP contribution in [-0.4, -0.2) is 29.0 Å². The molecule has 102 valence electrons. The van der Waals surface area contributed by atoms with Crippen molar-refractivity contribution in [3.63, 3.8) is 0 Å². The number of hydrogen-bond acceptors (Lipinski definition) is 5. The summed E-state index contributed by atoms with van der Waals surface area (Å²) in [6, 6.07) is 8.41. The summed E-state index contributed by atoms with van der Waals surface area (Å²) in [5, 5.41) is 3.20. The minimum Gasteiger partial charge on any atom is -0.341 e. The number of aromatic nitrogens is 3. The molecule has 20 heavy (non-hydrogen) atoms. The summed E-state index contributed by atoms with van der Waals surface area (Å²) in [6.07, 6.45) is 6.32. The zero-order valence-electron chi connectivity index (χ0n) is 10.7. The summed E-state index contributed by atoms with van der Waals surface area (Å²) in [6.45, 7) is 0. The lowest BCUT2D eigenvalue weighted by Gasteiger charge is -2.08. The Labute approximate surface area is 116 Å². The Morgan fingerprint density at radius 3 is 2.45 bits per heavy atom. The first-order valence-electron chi connectivity index (χ1n) is 5.89. The van der Waals surface area contributed by atoms with Crippen LogP contribution < -0.4 is 5.32 Å². The summed E-state index contributed by atoms with van der Waals surface area (Å²) in [5.41, 5.74) is 0.790. The van der Waals surface area contributed by atoms with Crippen molar-refractivity contribution < 1.29 is 8.42 Å². The zero-order valence-corrected chi connectivity index (χ0v) is 11.5. The van der Waals surface area contributed by atoms with Crippen molar-refractivity contribution >= 4 is 27.1 Å². The van der Waals surface area contributed by atoms with E-state index in [-0.39, 0.29) is 0 Å². The Morgan fingerprint density at radius 1 is 1.05 bits per heavy atom. The lowest BCUT2D eigenvalue weighted by molar-refractivity contribution is 0.602. The molecule has 0 atom stereocenters. The predicted molar refractivity (Wildman–Crippen MR) is 75.8 cm³/mol. The van der Waals surface area contributed by atoms with Gasteiger partial charge in [0.25, 0.3) is 0 Å². The maximum atomic E-state index is 11.4. The number of imidazole rings is 1. The second kappa shape index (κ2) is 4.61. The minimum absolute atomic E-state index is 0.297. The molecule has 0 unspecified atom stereocenters. The first kappa shape index (κ1) is 12.6. The molecule has 7 heteroatoms. The van der Waals surface area contributed by atoms with Crippen LogP contribution in [0.25, 0.3) is 5.78 Å². The molecule has 0 aliphatic rings. The SMILES string of the molecule is CS(=O)(=O)c1ccc(Nc2ccnc3nccn23)cc1. The van der Waals surface area contributed by atoms with Gasteiger partial charge < -0.3 is 5.32 Å². The number of benzene rings is 1. The van der Waals surface area contributed by atoms with Crippen molar-refractivity contribution in [2.24, 2.45) is 0 Å². The van der Waals surface area contributed by atoms with Gasteiger partial charge in [-0.15, -0.1) is 0 Å². The van der Waals surface area contributed by atoms with Crippen LogP contribution in [-0.2, 0) is 9.84 Å². The van der Waals surface area contributed by atoms with E-state index >= 15 is 0 Å². The largest absolute Gasteiger partial charge is 0.341 e. The molecule has 1 N–H and O–H groups in total. The molecule has 0 amide bonds. The molecule has 0 saturated heterocycles. The van der Waals surface area contributed by atoms with Crippen molar-refractivity contribution in [1.82, 2.24) is 14.4 Å². The molecule has 0 spiro atoms. The number of anilines is 2. The number of rotatable bonds is 3. The summed E-state index contributed by atoms with van der Waals surface area (Å²) >= 11 is 0. The van der Waals surface area contributed by atoms with Crippen molar-refractivity contribution in [3.8, 4) is 0 Å². The highest BCUT2D eigenvalue weighted by molar-refractivity contribution is 7.90. The van der Waals surface area contributed by atoms with Crippen molar-refractivity contribution in [3.05, 3.63) is 48.9 Å². The molecule has 1 aromatic carbocycles. The third-order valence-electron chi connectivity index (χ3n) is 2.86. The molecule has 0 saturated carbocycles. The zero-order chi connectivity index (χ0) is 14.2. The maximum absolute atomic E-state index is 11.4. The first-order valence-corrected chi connectivity index (χ1v) is 7.78. The molecule has 0 aliphatic heterocycles. The van der Waals surface area contributed by atoms with Crippen molar-refractivity contribution in [2.45, 2.75) is 4.90 Å². The van der Waals surface area contributed by atoms with Crippen LogP contribution in [0.1, 0.15) is 0 Å². The van der Waals surface area contributed by atoms with Crippen LogP contribution in [0.2, 0.25) is 0 Å². The van der Waals surface area contributed by atoms with Crippen molar-refractivity contribution in [1.29, 1.82) is 0 Å². The third kappa shape index (κ3) is 2.35. The lowest BCUT2D eigenvalue weighted by Crippen LogP contribution is -2.00. The van der Waals surface area contributed by atoms with Gasteiger partial charge in [0.05, 0.1) is 4.90 Å². The summed E-state index contributed by atoms with van der Waals surface area (Å²) < 4.78 is 24.6. The van der Waals surface area contributed by atoms with Gasteiger partial charge in [0, 0.05) is 30.5 Å². The average Bonchev–Trinajstić information content (AvgIpc) is 2.88. The number of nitrogens with one attached hydrogen (secondary N) is 1. The van der Waals surface area contributed by atoms with E-state index in [1.54, 1.807) is 42.9 Å². The molecule has 3 rings (SSSR count). The van der Waals surface area contributed by atoms with Gasteiger partial charge in [-0.1, -0.05) is 0 Å². The molecule has 0 radical (unpaired) electrons. The van der Waals surface area contributed by atoms with Crippen LogP contribution in [0, 0.1) is 0 Å². The number of sulfone groups is 1. The van der Waals surface area contributed by atoms with Crippen LogP contribution in [0.4, 0.5) is 11.5 Å². The molecule has 2 aromatic heterocycles. The van der Waals surface area contributed by atoms with Gasteiger partial charge in [0.15, 0.2) is 9.84 Å². The molecule has 3 aromatic rings. The fraction of sp³-hybridized carbons (Fsp3) is 0.0769. The highest BCUT2D eigenvalue weighted by Gasteiger charge is 2.07. The second-order valence-electron chi connectivity index (χ2n) is 4.35. The monoisotopic (exact) mass is 288 g/mol. The summed E-state index contributed by atoms with van der Waals surface area (Å²) in [4.78, 5) is 8.52. The Bertz CT molecular complexity index is 853. The Hall–Kier alpha value is -2.41. The van der Waals surface area contributed by atoms with Gasteiger partial charge in [-0.3, -0.25) is 4.40 Å². The van der Waals surface area contributed by atoms with E-state index in [9.17, 15) is 8.42 Å². The predicted octanol–water partition coefficient (Wildman–Crippen LogP) is 1.88. The fourth-order valence-corrected chi connectivity index (χ4v) is 2.50. The van der Waals surface area contributed by atoms with E-state index in [1.807, 2.05) is 10.5 Å². The van der Waals surface area contributed by atoms with E-state index in [4.69, 9.17) is 0 Å². The van der Waals surface area contributed by atoms with Crippen LogP contribution in [0.3, 0.4) is 0 Å². The third-order valence-corrected chi connectivity index (χ3v) is 3.99. The topological polar surface area (TPSA) is 76.4 Å². The van der Waals surface area contributed by atoms with Gasteiger partial charge in [-0.05, 0) is 30.3 Å². The molecule has 0 aliphatic carbocycles. The van der Waals surface area contributed by atoms with E-state index < -0.39 is 9.84 Å². The molecular formula is C13H12N4O2S. The number of nitrogens with zero attached hydrogens (tertiary/aromatic N) is 3. The highest BCUT2D eigenvalue weighted by atomic mass is 32.2. The van der Waals surface area contributed by atoms with Gasteiger partial charge in [0.2, 0.25) is 5.78 Å². The minimum atomic E-state index is -3.17. The molecule has 2 heterocycles. The van der Waals surface area contributed by atoms with E-state index in [0.717, 1.165) is 11.5 Å². The molecule has 0 fully saturated rings. The van der Waals surface area contributed by atoms with E-state index in [2.05, 4.69) is 15.3 Å². The summed E-state index contributed by atoms with van der Waals surface area (Å²) in [5.74, 6) is 1.40.